The van der Waals surface area contributed by atoms with E-state index in [2.05, 4.69) is 9.88 Å². The van der Waals surface area contributed by atoms with Crippen LogP contribution in [0.25, 0.3) is 0 Å². The van der Waals surface area contributed by atoms with Crippen LogP contribution in [0.1, 0.15) is 18.4 Å². The molecule has 1 aromatic carbocycles. The van der Waals surface area contributed by atoms with Crippen LogP contribution < -0.4 is 9.64 Å². The average molecular weight is 389 g/mol. The Hall–Kier alpha value is -2.22. The molecule has 152 valence electrons. The van der Waals surface area contributed by atoms with Crippen molar-refractivity contribution >= 4 is 5.82 Å². The molecule has 0 spiro atoms. The molecule has 0 unspecified atom stereocenters. The van der Waals surface area contributed by atoms with Gasteiger partial charge >= 0.3 is 0 Å². The number of aromatic nitrogens is 1. The van der Waals surface area contributed by atoms with E-state index in [0.29, 0.717) is 51.4 Å². The van der Waals surface area contributed by atoms with Crippen LogP contribution in [0.2, 0.25) is 0 Å². The molecule has 0 radical (unpaired) electrons. The quantitative estimate of drug-likeness (QED) is 0.640. The van der Waals surface area contributed by atoms with Gasteiger partial charge in [-0.3, -0.25) is 4.90 Å². The summed E-state index contributed by atoms with van der Waals surface area (Å²) in [6.45, 7) is 3.06. The van der Waals surface area contributed by atoms with E-state index in [4.69, 9.17) is 9.84 Å². The van der Waals surface area contributed by atoms with E-state index in [0.717, 1.165) is 11.3 Å². The number of likely N-dealkylation sites (N-methyl/N-ethyl adjacent to an activating group) is 1. The van der Waals surface area contributed by atoms with Gasteiger partial charge in [0.1, 0.15) is 17.4 Å². The number of rotatable bonds is 9. The van der Waals surface area contributed by atoms with Crippen LogP contribution in [-0.2, 0) is 6.54 Å². The molecular formula is C21H28FN3O3. The zero-order valence-electron chi connectivity index (χ0n) is 16.2. The number of hydrogen-bond donors (Lipinski definition) is 2. The smallest absolute Gasteiger partial charge is 0.141 e. The predicted octanol–water partition coefficient (Wildman–Crippen LogP) is 2.06. The van der Waals surface area contributed by atoms with E-state index in [1.54, 1.807) is 6.07 Å². The Labute approximate surface area is 165 Å². The zero-order chi connectivity index (χ0) is 20.0. The van der Waals surface area contributed by atoms with Gasteiger partial charge in [-0.05, 0) is 43.3 Å². The lowest BCUT2D eigenvalue weighted by Gasteiger charge is -2.29. The number of nitrogens with zero attached hydrogens (tertiary/aromatic N) is 3. The summed E-state index contributed by atoms with van der Waals surface area (Å²) in [5, 5.41) is 19.8. The summed E-state index contributed by atoms with van der Waals surface area (Å²) in [5.41, 5.74) is 0.314. The first-order chi connectivity index (χ1) is 13.5. The van der Waals surface area contributed by atoms with Gasteiger partial charge < -0.3 is 19.8 Å². The Morgan fingerprint density at radius 3 is 2.71 bits per heavy atom. The number of halogens is 1. The van der Waals surface area contributed by atoms with Crippen molar-refractivity contribution in [2.45, 2.75) is 25.0 Å². The Morgan fingerprint density at radius 2 is 2.04 bits per heavy atom. The fourth-order valence-corrected chi connectivity index (χ4v) is 3.55. The molecule has 1 saturated heterocycles. The Morgan fingerprint density at radius 1 is 1.25 bits per heavy atom. The molecule has 1 aliphatic rings. The maximum absolute atomic E-state index is 13.1. The second-order valence-corrected chi connectivity index (χ2v) is 7.47. The third-order valence-electron chi connectivity index (χ3n) is 4.88. The first-order valence-electron chi connectivity index (χ1n) is 9.57. The highest BCUT2D eigenvalue weighted by atomic mass is 19.1. The number of pyridine rings is 1. The monoisotopic (exact) mass is 389 g/mol. The van der Waals surface area contributed by atoms with E-state index in [-0.39, 0.29) is 12.4 Å². The maximum atomic E-state index is 13.1. The molecule has 2 heterocycles. The van der Waals surface area contributed by atoms with Gasteiger partial charge in [0.2, 0.25) is 0 Å². The standard InChI is InChI=1S/C21H28FN3O3/c1-24(14-17-3-6-19(7-4-17)28-12-2-11-26)15-21(27)9-10-25(16-21)20-8-5-18(22)13-23-20/h3-8,13,26-27H,2,9-12,14-16H2,1H3/t21-/m0/s1. The number of ether oxygens (including phenoxy) is 1. The molecule has 1 aliphatic heterocycles. The molecule has 3 rings (SSSR count). The van der Waals surface area contributed by atoms with Crippen LogP contribution in [0.15, 0.2) is 42.6 Å². The summed E-state index contributed by atoms with van der Waals surface area (Å²) in [4.78, 5) is 8.20. The third-order valence-corrected chi connectivity index (χ3v) is 4.88. The van der Waals surface area contributed by atoms with Crippen LogP contribution in [0.3, 0.4) is 0 Å². The van der Waals surface area contributed by atoms with Crippen LogP contribution in [0, 0.1) is 5.82 Å². The minimum Gasteiger partial charge on any atom is -0.494 e. The van der Waals surface area contributed by atoms with Gasteiger partial charge in [0.15, 0.2) is 0 Å². The molecule has 0 saturated carbocycles. The van der Waals surface area contributed by atoms with Gasteiger partial charge in [-0.15, -0.1) is 0 Å². The molecule has 1 fully saturated rings. The van der Waals surface area contributed by atoms with Gasteiger partial charge in [-0.1, -0.05) is 12.1 Å². The lowest BCUT2D eigenvalue weighted by atomic mass is 10.0. The van der Waals surface area contributed by atoms with Gasteiger partial charge in [0, 0.05) is 39.2 Å². The fourth-order valence-electron chi connectivity index (χ4n) is 3.55. The van der Waals surface area contributed by atoms with Crippen LogP contribution in [0.4, 0.5) is 10.2 Å². The maximum Gasteiger partial charge on any atom is 0.141 e. The van der Waals surface area contributed by atoms with Crippen molar-refractivity contribution in [1.82, 2.24) is 9.88 Å². The summed E-state index contributed by atoms with van der Waals surface area (Å²) in [7, 11) is 1.99. The van der Waals surface area contributed by atoms with Crippen molar-refractivity contribution in [3.8, 4) is 5.75 Å². The third kappa shape index (κ3) is 5.64. The average Bonchev–Trinajstić information content (AvgIpc) is 3.05. The number of anilines is 1. The number of hydrogen-bond acceptors (Lipinski definition) is 6. The van der Waals surface area contributed by atoms with Crippen LogP contribution in [0.5, 0.6) is 5.75 Å². The normalized spacial score (nSPS) is 19.4. The Balaban J connectivity index is 1.50. The summed E-state index contributed by atoms with van der Waals surface area (Å²) < 4.78 is 18.6. The highest BCUT2D eigenvalue weighted by Crippen LogP contribution is 2.26. The second-order valence-electron chi connectivity index (χ2n) is 7.47. The summed E-state index contributed by atoms with van der Waals surface area (Å²) in [6.07, 6.45) is 2.47. The molecule has 0 aliphatic carbocycles. The van der Waals surface area contributed by atoms with E-state index >= 15 is 0 Å². The molecule has 6 nitrogen and oxygen atoms in total. The van der Waals surface area contributed by atoms with E-state index < -0.39 is 5.60 Å². The highest BCUT2D eigenvalue weighted by Gasteiger charge is 2.37. The van der Waals surface area contributed by atoms with E-state index in [1.165, 1.54) is 12.3 Å². The Kier molecular flexibility index (Phi) is 6.83. The number of benzene rings is 1. The Bertz CT molecular complexity index is 742. The van der Waals surface area contributed by atoms with Crippen molar-refractivity contribution < 1.29 is 19.3 Å². The lowest BCUT2D eigenvalue weighted by Crippen LogP contribution is -2.43. The van der Waals surface area contributed by atoms with Crippen molar-refractivity contribution in [1.29, 1.82) is 0 Å². The van der Waals surface area contributed by atoms with Gasteiger partial charge in [-0.25, -0.2) is 9.37 Å². The summed E-state index contributed by atoms with van der Waals surface area (Å²) in [5.74, 6) is 1.12. The van der Waals surface area contributed by atoms with Gasteiger partial charge in [0.05, 0.1) is 18.4 Å². The van der Waals surface area contributed by atoms with Crippen molar-refractivity contribution in [2.24, 2.45) is 0 Å². The van der Waals surface area contributed by atoms with Gasteiger partial charge in [-0.2, -0.15) is 0 Å². The molecule has 28 heavy (non-hydrogen) atoms. The lowest BCUT2D eigenvalue weighted by molar-refractivity contribution is 0.0279. The molecule has 1 atom stereocenters. The molecule has 1 aromatic heterocycles. The minimum absolute atomic E-state index is 0.125. The van der Waals surface area contributed by atoms with Crippen molar-refractivity contribution in [3.05, 3.63) is 54.0 Å². The fraction of sp³-hybridized carbons (Fsp3) is 0.476. The van der Waals surface area contributed by atoms with E-state index in [9.17, 15) is 9.50 Å². The van der Waals surface area contributed by atoms with Crippen molar-refractivity contribution in [2.75, 3.05) is 44.8 Å². The number of β-amino-alcohol motifs (C(OH)–C–C–N with tert-alkyl or cyclic N) is 1. The molecular weight excluding hydrogens is 361 g/mol. The summed E-state index contributed by atoms with van der Waals surface area (Å²) in [6, 6.07) is 10.9. The largest absolute Gasteiger partial charge is 0.494 e. The zero-order valence-corrected chi connectivity index (χ0v) is 16.2. The first-order valence-corrected chi connectivity index (χ1v) is 9.57. The van der Waals surface area contributed by atoms with Crippen LogP contribution >= 0.6 is 0 Å². The van der Waals surface area contributed by atoms with E-state index in [1.807, 2.05) is 36.2 Å². The molecule has 0 bridgehead atoms. The topological polar surface area (TPSA) is 69.1 Å². The van der Waals surface area contributed by atoms with Crippen LogP contribution in [-0.4, -0.2) is 65.6 Å². The SMILES string of the molecule is CN(Cc1ccc(OCCCO)cc1)C[C@@]1(O)CCN(c2ccc(F)cn2)C1. The predicted molar refractivity (Wildman–Crippen MR) is 106 cm³/mol. The highest BCUT2D eigenvalue weighted by molar-refractivity contribution is 5.40. The summed E-state index contributed by atoms with van der Waals surface area (Å²) >= 11 is 0. The van der Waals surface area contributed by atoms with Crippen molar-refractivity contribution in [3.63, 3.8) is 0 Å². The molecule has 2 N–H and O–H groups in total. The molecule has 2 aromatic rings. The molecule has 7 heteroatoms. The number of aliphatic hydroxyl groups is 2. The molecule has 0 amide bonds. The number of aliphatic hydroxyl groups excluding tert-OH is 1. The second kappa shape index (κ2) is 9.32. The minimum atomic E-state index is -0.821. The first kappa shape index (κ1) is 20.5. The van der Waals surface area contributed by atoms with Gasteiger partial charge in [0.25, 0.3) is 0 Å².